The van der Waals surface area contributed by atoms with Gasteiger partial charge in [0.1, 0.15) is 11.4 Å². The number of nitrogens with one attached hydrogen (secondary N) is 1. The van der Waals surface area contributed by atoms with E-state index in [4.69, 9.17) is 4.74 Å². The molecular formula is C13H17FN2O2. The summed E-state index contributed by atoms with van der Waals surface area (Å²) in [6.07, 6.45) is -0.577. The molecule has 0 saturated heterocycles. The van der Waals surface area contributed by atoms with Crippen LogP contribution in [0.1, 0.15) is 26.3 Å². The molecule has 18 heavy (non-hydrogen) atoms. The largest absolute Gasteiger partial charge is 0.444 e. The van der Waals surface area contributed by atoms with Crippen molar-refractivity contribution in [3.05, 3.63) is 29.6 Å². The van der Waals surface area contributed by atoms with Gasteiger partial charge in [0.2, 0.25) is 0 Å². The molecule has 0 aromatic heterocycles. The first-order valence-electron chi connectivity index (χ1n) is 5.53. The fourth-order valence-corrected chi connectivity index (χ4v) is 1.32. The topological polar surface area (TPSA) is 50.7 Å². The number of hydrogen-bond donors (Lipinski definition) is 1. The molecule has 1 rings (SSSR count). The number of aliphatic imine (C=N–C) groups is 1. The Bertz CT molecular complexity index is 453. The quantitative estimate of drug-likeness (QED) is 0.838. The van der Waals surface area contributed by atoms with E-state index in [-0.39, 0.29) is 12.4 Å². The Morgan fingerprint density at radius 2 is 2.17 bits per heavy atom. The first-order valence-corrected chi connectivity index (χ1v) is 5.53. The Morgan fingerprint density at radius 3 is 2.72 bits per heavy atom. The van der Waals surface area contributed by atoms with Crippen LogP contribution in [0.15, 0.2) is 23.2 Å². The average Bonchev–Trinajstić information content (AvgIpc) is 2.20. The number of carbonyl (C=O) groups excluding carboxylic acids is 1. The third-order valence-electron chi connectivity index (χ3n) is 1.97. The van der Waals surface area contributed by atoms with Gasteiger partial charge in [-0.1, -0.05) is 0 Å². The third-order valence-corrected chi connectivity index (χ3v) is 1.97. The lowest BCUT2D eigenvalue weighted by Gasteiger charge is -2.19. The molecule has 0 heterocycles. The lowest BCUT2D eigenvalue weighted by atomic mass is 10.2. The standard InChI is InChI=1S/C13H17FN2O2/c1-13(2,3)18-12(17)16-10-5-6-11(14)9(7-10)8-15-4/h5-7H,4,8H2,1-3H3,(H,16,17). The first-order chi connectivity index (χ1) is 8.31. The highest BCUT2D eigenvalue weighted by Crippen LogP contribution is 2.17. The Balaban J connectivity index is 2.76. The maximum atomic E-state index is 13.3. The monoisotopic (exact) mass is 252 g/mol. The zero-order chi connectivity index (χ0) is 13.8. The van der Waals surface area contributed by atoms with Crippen molar-refractivity contribution < 1.29 is 13.9 Å². The molecular weight excluding hydrogens is 235 g/mol. The fraction of sp³-hybridized carbons (Fsp3) is 0.385. The number of carbonyl (C=O) groups is 1. The van der Waals surface area contributed by atoms with Gasteiger partial charge in [-0.15, -0.1) is 0 Å². The van der Waals surface area contributed by atoms with Crippen LogP contribution in [-0.2, 0) is 11.3 Å². The van der Waals surface area contributed by atoms with Crippen molar-refractivity contribution in [2.75, 3.05) is 5.32 Å². The number of halogens is 1. The summed E-state index contributed by atoms with van der Waals surface area (Å²) in [5, 5.41) is 2.53. The summed E-state index contributed by atoms with van der Waals surface area (Å²) in [6, 6.07) is 4.24. The molecule has 0 saturated carbocycles. The summed E-state index contributed by atoms with van der Waals surface area (Å²) in [4.78, 5) is 15.1. The highest BCUT2D eigenvalue weighted by atomic mass is 19.1. The maximum Gasteiger partial charge on any atom is 0.412 e. The van der Waals surface area contributed by atoms with Crippen LogP contribution in [0.4, 0.5) is 14.9 Å². The number of rotatable bonds is 3. The zero-order valence-electron chi connectivity index (χ0n) is 10.8. The second-order valence-electron chi connectivity index (χ2n) is 4.81. The SMILES string of the molecule is C=NCc1cc(NC(=O)OC(C)(C)C)ccc1F. The molecule has 0 bridgehead atoms. The second-order valence-corrected chi connectivity index (χ2v) is 4.81. The van der Waals surface area contributed by atoms with Crippen molar-refractivity contribution >= 4 is 18.5 Å². The lowest BCUT2D eigenvalue weighted by molar-refractivity contribution is 0.0636. The summed E-state index contributed by atoms with van der Waals surface area (Å²) >= 11 is 0. The van der Waals surface area contributed by atoms with Gasteiger partial charge in [-0.3, -0.25) is 10.3 Å². The minimum absolute atomic E-state index is 0.162. The highest BCUT2D eigenvalue weighted by Gasteiger charge is 2.16. The molecule has 98 valence electrons. The second kappa shape index (κ2) is 5.62. The molecule has 1 N–H and O–H groups in total. The zero-order valence-corrected chi connectivity index (χ0v) is 10.8. The van der Waals surface area contributed by atoms with Crippen LogP contribution in [0.3, 0.4) is 0 Å². The fourth-order valence-electron chi connectivity index (χ4n) is 1.32. The van der Waals surface area contributed by atoms with E-state index in [1.165, 1.54) is 18.2 Å². The van der Waals surface area contributed by atoms with E-state index in [0.29, 0.717) is 11.3 Å². The Kier molecular flexibility index (Phi) is 4.42. The van der Waals surface area contributed by atoms with Crippen molar-refractivity contribution in [2.45, 2.75) is 32.9 Å². The van der Waals surface area contributed by atoms with Crippen LogP contribution in [0.2, 0.25) is 0 Å². The Labute approximate surface area is 106 Å². The van der Waals surface area contributed by atoms with Gasteiger partial charge in [-0.05, 0) is 45.7 Å². The normalized spacial score (nSPS) is 10.9. The third kappa shape index (κ3) is 4.53. The summed E-state index contributed by atoms with van der Waals surface area (Å²) in [5.41, 5.74) is 0.262. The van der Waals surface area contributed by atoms with Crippen molar-refractivity contribution in [2.24, 2.45) is 4.99 Å². The smallest absolute Gasteiger partial charge is 0.412 e. The van der Waals surface area contributed by atoms with Gasteiger partial charge < -0.3 is 4.74 Å². The lowest BCUT2D eigenvalue weighted by Crippen LogP contribution is -2.27. The molecule has 0 fully saturated rings. The summed E-state index contributed by atoms with van der Waals surface area (Å²) in [7, 11) is 0. The highest BCUT2D eigenvalue weighted by molar-refractivity contribution is 5.84. The number of anilines is 1. The molecule has 0 atom stereocenters. The van der Waals surface area contributed by atoms with Crippen molar-refractivity contribution in [1.29, 1.82) is 0 Å². The van der Waals surface area contributed by atoms with Crippen LogP contribution < -0.4 is 5.32 Å². The van der Waals surface area contributed by atoms with E-state index in [1.807, 2.05) is 0 Å². The molecule has 0 aliphatic carbocycles. The Morgan fingerprint density at radius 1 is 1.50 bits per heavy atom. The van der Waals surface area contributed by atoms with E-state index in [0.717, 1.165) is 0 Å². The maximum absolute atomic E-state index is 13.3. The van der Waals surface area contributed by atoms with Crippen molar-refractivity contribution in [3.63, 3.8) is 0 Å². The first kappa shape index (κ1) is 14.2. The summed E-state index contributed by atoms with van der Waals surface area (Å²) < 4.78 is 18.4. The molecule has 1 aromatic rings. The van der Waals surface area contributed by atoms with Crippen molar-refractivity contribution in [3.8, 4) is 0 Å². The van der Waals surface area contributed by atoms with Crippen molar-refractivity contribution in [1.82, 2.24) is 0 Å². The van der Waals surface area contributed by atoms with E-state index in [1.54, 1.807) is 20.8 Å². The molecule has 1 aromatic carbocycles. The van der Waals surface area contributed by atoms with Gasteiger partial charge in [0.15, 0.2) is 0 Å². The molecule has 0 aliphatic heterocycles. The van der Waals surface area contributed by atoms with Crippen LogP contribution in [0, 0.1) is 5.82 Å². The van der Waals surface area contributed by atoms with Crippen LogP contribution in [-0.4, -0.2) is 18.4 Å². The van der Waals surface area contributed by atoms with Gasteiger partial charge in [0.05, 0.1) is 6.54 Å². The molecule has 0 radical (unpaired) electrons. The van der Waals surface area contributed by atoms with E-state index in [9.17, 15) is 9.18 Å². The number of amides is 1. The van der Waals surface area contributed by atoms with E-state index in [2.05, 4.69) is 17.0 Å². The predicted molar refractivity (Wildman–Crippen MR) is 69.5 cm³/mol. The number of ether oxygens (including phenoxy) is 1. The van der Waals surface area contributed by atoms with Crippen LogP contribution >= 0.6 is 0 Å². The van der Waals surface area contributed by atoms with Crippen LogP contribution in [0.25, 0.3) is 0 Å². The van der Waals surface area contributed by atoms with E-state index >= 15 is 0 Å². The van der Waals surface area contributed by atoms with Gasteiger partial charge >= 0.3 is 6.09 Å². The van der Waals surface area contributed by atoms with Gasteiger partial charge in [-0.2, -0.15) is 0 Å². The van der Waals surface area contributed by atoms with Crippen LogP contribution in [0.5, 0.6) is 0 Å². The summed E-state index contributed by atoms with van der Waals surface area (Å²) in [5.74, 6) is -0.378. The molecule has 5 heteroatoms. The molecule has 1 amide bonds. The molecule has 0 aliphatic rings. The number of nitrogens with zero attached hydrogens (tertiary/aromatic N) is 1. The molecule has 4 nitrogen and oxygen atoms in total. The number of hydrogen-bond acceptors (Lipinski definition) is 3. The minimum Gasteiger partial charge on any atom is -0.444 e. The van der Waals surface area contributed by atoms with E-state index < -0.39 is 11.7 Å². The molecule has 0 unspecified atom stereocenters. The minimum atomic E-state index is -0.577. The molecule has 0 spiro atoms. The summed E-state index contributed by atoms with van der Waals surface area (Å²) in [6.45, 7) is 8.77. The van der Waals surface area contributed by atoms with Gasteiger partial charge in [-0.25, -0.2) is 9.18 Å². The van der Waals surface area contributed by atoms with Gasteiger partial charge in [0, 0.05) is 11.3 Å². The average molecular weight is 252 g/mol. The predicted octanol–water partition coefficient (Wildman–Crippen LogP) is 3.37. The Hall–Kier alpha value is -1.91. The number of benzene rings is 1. The van der Waals surface area contributed by atoms with Gasteiger partial charge in [0.25, 0.3) is 0 Å².